The second kappa shape index (κ2) is 5.86. The van der Waals surface area contributed by atoms with Crippen LogP contribution in [0, 0.1) is 0 Å². The first-order chi connectivity index (χ1) is 9.04. The molecule has 0 amide bonds. The molecule has 0 saturated heterocycles. The van der Waals surface area contributed by atoms with E-state index in [1.54, 1.807) is 24.3 Å². The van der Waals surface area contributed by atoms with Crippen molar-refractivity contribution in [3.63, 3.8) is 0 Å². The Bertz CT molecular complexity index is 620. The fraction of sp³-hybridized carbons (Fsp3) is 0.0833. The van der Waals surface area contributed by atoms with E-state index in [0.717, 1.165) is 0 Å². The number of carbonyl (C=O) groups excluding carboxylic acids is 1. The van der Waals surface area contributed by atoms with Gasteiger partial charge in [0.2, 0.25) is 0 Å². The Morgan fingerprint density at radius 1 is 1.26 bits per heavy atom. The van der Waals surface area contributed by atoms with Crippen molar-refractivity contribution in [3.8, 4) is 5.75 Å². The molecule has 0 atom stereocenters. The molecular weight excluding hydrogens is 289 g/mol. The number of halogens is 2. The molecule has 5 nitrogen and oxygen atoms in total. The Morgan fingerprint density at radius 2 is 2.05 bits per heavy atom. The zero-order valence-electron chi connectivity index (χ0n) is 9.85. The lowest BCUT2D eigenvalue weighted by atomic mass is 10.3. The van der Waals surface area contributed by atoms with Crippen LogP contribution in [0.5, 0.6) is 5.75 Å². The van der Waals surface area contributed by atoms with Gasteiger partial charge in [0.25, 0.3) is 0 Å². The Balaban J connectivity index is 2.32. The molecule has 0 aliphatic heterocycles. The number of nitrogens with zero attached hydrogens (tertiary/aromatic N) is 2. The lowest BCUT2D eigenvalue weighted by molar-refractivity contribution is -0.131. The van der Waals surface area contributed by atoms with Crippen molar-refractivity contribution in [1.82, 2.24) is 9.97 Å². The topological polar surface area (TPSA) is 64.1 Å². The number of anilines is 2. The SMILES string of the molecule is CC(=O)Oc1ccc(Cl)cc1Nc1cc(Cl)ncn1. The summed E-state index contributed by atoms with van der Waals surface area (Å²) in [7, 11) is 0. The van der Waals surface area contributed by atoms with Crippen LogP contribution in [-0.2, 0) is 4.79 Å². The van der Waals surface area contributed by atoms with E-state index in [9.17, 15) is 4.79 Å². The van der Waals surface area contributed by atoms with Crippen molar-refractivity contribution < 1.29 is 9.53 Å². The molecule has 98 valence electrons. The summed E-state index contributed by atoms with van der Waals surface area (Å²) < 4.78 is 5.07. The summed E-state index contributed by atoms with van der Waals surface area (Å²) in [4.78, 5) is 18.8. The Hall–Kier alpha value is -1.85. The van der Waals surface area contributed by atoms with Gasteiger partial charge < -0.3 is 10.1 Å². The molecule has 0 aliphatic carbocycles. The van der Waals surface area contributed by atoms with Crippen molar-refractivity contribution in [2.45, 2.75) is 6.92 Å². The molecule has 0 bridgehead atoms. The van der Waals surface area contributed by atoms with Crippen LogP contribution in [0.25, 0.3) is 0 Å². The summed E-state index contributed by atoms with van der Waals surface area (Å²) in [6.07, 6.45) is 1.32. The van der Waals surface area contributed by atoms with E-state index in [2.05, 4.69) is 15.3 Å². The minimum Gasteiger partial charge on any atom is -0.424 e. The average molecular weight is 298 g/mol. The number of rotatable bonds is 3. The molecule has 0 aliphatic rings. The zero-order valence-corrected chi connectivity index (χ0v) is 11.4. The molecule has 0 spiro atoms. The third-order valence-electron chi connectivity index (χ3n) is 2.09. The van der Waals surface area contributed by atoms with Crippen molar-refractivity contribution >= 4 is 40.7 Å². The van der Waals surface area contributed by atoms with E-state index in [-0.39, 0.29) is 0 Å². The first kappa shape index (κ1) is 13.6. The van der Waals surface area contributed by atoms with Crippen LogP contribution in [0.3, 0.4) is 0 Å². The summed E-state index contributed by atoms with van der Waals surface area (Å²) in [6, 6.07) is 6.38. The molecule has 19 heavy (non-hydrogen) atoms. The van der Waals surface area contributed by atoms with Crippen LogP contribution >= 0.6 is 23.2 Å². The monoisotopic (exact) mass is 297 g/mol. The summed E-state index contributed by atoms with van der Waals surface area (Å²) in [6.45, 7) is 1.32. The third-order valence-corrected chi connectivity index (χ3v) is 2.53. The molecule has 2 aromatic rings. The second-order valence-corrected chi connectivity index (χ2v) is 4.41. The number of hydrogen-bond donors (Lipinski definition) is 1. The molecule has 1 heterocycles. The minimum absolute atomic E-state index is 0.300. The van der Waals surface area contributed by atoms with E-state index in [1.165, 1.54) is 13.3 Å². The Kier molecular flexibility index (Phi) is 4.19. The predicted octanol–water partition coefficient (Wildman–Crippen LogP) is 3.45. The number of hydrogen-bond acceptors (Lipinski definition) is 5. The molecule has 1 N–H and O–H groups in total. The molecule has 1 aromatic carbocycles. The highest BCUT2D eigenvalue weighted by Gasteiger charge is 2.08. The smallest absolute Gasteiger partial charge is 0.308 e. The Labute approximate surface area is 119 Å². The van der Waals surface area contributed by atoms with Crippen molar-refractivity contribution in [1.29, 1.82) is 0 Å². The van der Waals surface area contributed by atoms with Gasteiger partial charge in [-0.3, -0.25) is 4.79 Å². The van der Waals surface area contributed by atoms with Gasteiger partial charge in [-0.25, -0.2) is 9.97 Å². The number of esters is 1. The van der Waals surface area contributed by atoms with Gasteiger partial charge >= 0.3 is 5.97 Å². The molecule has 0 unspecified atom stereocenters. The van der Waals surface area contributed by atoms with Crippen LogP contribution < -0.4 is 10.1 Å². The van der Waals surface area contributed by atoms with E-state index in [0.29, 0.717) is 27.4 Å². The average Bonchev–Trinajstić information content (AvgIpc) is 2.32. The van der Waals surface area contributed by atoms with E-state index >= 15 is 0 Å². The lowest BCUT2D eigenvalue weighted by Gasteiger charge is -2.11. The highest BCUT2D eigenvalue weighted by molar-refractivity contribution is 6.31. The van der Waals surface area contributed by atoms with Gasteiger partial charge in [-0.15, -0.1) is 0 Å². The first-order valence-electron chi connectivity index (χ1n) is 5.27. The summed E-state index contributed by atoms with van der Waals surface area (Å²) in [5.41, 5.74) is 0.512. The summed E-state index contributed by atoms with van der Waals surface area (Å²) in [5, 5.41) is 3.76. The molecule has 0 fully saturated rings. The largest absolute Gasteiger partial charge is 0.424 e. The van der Waals surface area contributed by atoms with Crippen molar-refractivity contribution in [2.24, 2.45) is 0 Å². The van der Waals surface area contributed by atoms with Gasteiger partial charge in [-0.1, -0.05) is 23.2 Å². The van der Waals surface area contributed by atoms with Crippen molar-refractivity contribution in [2.75, 3.05) is 5.32 Å². The fourth-order valence-electron chi connectivity index (χ4n) is 1.38. The number of aromatic nitrogens is 2. The molecule has 2 rings (SSSR count). The molecule has 0 saturated carbocycles. The fourth-order valence-corrected chi connectivity index (χ4v) is 1.70. The van der Waals surface area contributed by atoms with E-state index < -0.39 is 5.97 Å². The first-order valence-corrected chi connectivity index (χ1v) is 6.03. The van der Waals surface area contributed by atoms with Gasteiger partial charge in [0, 0.05) is 18.0 Å². The lowest BCUT2D eigenvalue weighted by Crippen LogP contribution is -2.04. The summed E-state index contributed by atoms with van der Waals surface area (Å²) >= 11 is 11.7. The van der Waals surface area contributed by atoms with Crippen LogP contribution in [0.1, 0.15) is 6.92 Å². The highest BCUT2D eigenvalue weighted by atomic mass is 35.5. The Morgan fingerprint density at radius 3 is 2.74 bits per heavy atom. The van der Waals surface area contributed by atoms with Crippen LogP contribution in [0.15, 0.2) is 30.6 Å². The molecule has 0 radical (unpaired) electrons. The predicted molar refractivity (Wildman–Crippen MR) is 73.1 cm³/mol. The number of benzene rings is 1. The van der Waals surface area contributed by atoms with E-state index in [1.807, 2.05) is 0 Å². The van der Waals surface area contributed by atoms with Gasteiger partial charge in [0.15, 0.2) is 5.75 Å². The number of carbonyl (C=O) groups is 1. The van der Waals surface area contributed by atoms with Crippen LogP contribution in [0.2, 0.25) is 10.2 Å². The number of nitrogens with one attached hydrogen (secondary N) is 1. The standard InChI is InChI=1S/C12H9Cl2N3O2/c1-7(18)19-10-3-2-8(13)4-9(10)17-12-5-11(14)15-6-16-12/h2-6H,1H3,(H,15,16,17). The maximum Gasteiger partial charge on any atom is 0.308 e. The third kappa shape index (κ3) is 3.81. The van der Waals surface area contributed by atoms with Gasteiger partial charge in [-0.05, 0) is 18.2 Å². The quantitative estimate of drug-likeness (QED) is 0.534. The maximum absolute atomic E-state index is 11.0. The molecule has 1 aromatic heterocycles. The van der Waals surface area contributed by atoms with Crippen LogP contribution in [-0.4, -0.2) is 15.9 Å². The van der Waals surface area contributed by atoms with Gasteiger partial charge in [0.1, 0.15) is 17.3 Å². The normalized spacial score (nSPS) is 10.1. The zero-order chi connectivity index (χ0) is 13.8. The van der Waals surface area contributed by atoms with Gasteiger partial charge in [0.05, 0.1) is 5.69 Å². The van der Waals surface area contributed by atoms with E-state index in [4.69, 9.17) is 27.9 Å². The van der Waals surface area contributed by atoms with Gasteiger partial charge in [-0.2, -0.15) is 0 Å². The van der Waals surface area contributed by atoms with Crippen LogP contribution in [0.4, 0.5) is 11.5 Å². The summed E-state index contributed by atoms with van der Waals surface area (Å²) in [5.74, 6) is 0.397. The second-order valence-electron chi connectivity index (χ2n) is 3.59. The maximum atomic E-state index is 11.0. The van der Waals surface area contributed by atoms with Crippen molar-refractivity contribution in [3.05, 3.63) is 40.8 Å². The highest BCUT2D eigenvalue weighted by Crippen LogP contribution is 2.30. The molecule has 7 heteroatoms. The molecular formula is C12H9Cl2N3O2. The minimum atomic E-state index is -0.425. The number of ether oxygens (including phenoxy) is 1.